The summed E-state index contributed by atoms with van der Waals surface area (Å²) in [6, 6.07) is 9.57. The maximum absolute atomic E-state index is 11.1. The van der Waals surface area contributed by atoms with Gasteiger partial charge in [0.05, 0.1) is 23.9 Å². The first kappa shape index (κ1) is 17.4. The van der Waals surface area contributed by atoms with Crippen LogP contribution in [0.5, 0.6) is 0 Å². The number of aromatic amines is 1. The molecule has 8 heteroatoms. The molecule has 1 atom stereocenters. The molecule has 0 bridgehead atoms. The third kappa shape index (κ3) is 3.48. The molecular formula is C18H18N6O2. The first-order valence-electron chi connectivity index (χ1n) is 8.08. The van der Waals surface area contributed by atoms with Gasteiger partial charge in [0.1, 0.15) is 5.69 Å². The van der Waals surface area contributed by atoms with E-state index in [-0.39, 0.29) is 12.0 Å². The molecule has 2 aromatic heterocycles. The minimum atomic E-state index is -0.635. The van der Waals surface area contributed by atoms with Gasteiger partial charge in [0.15, 0.2) is 0 Å². The number of rotatable bonds is 5. The molecule has 1 amide bonds. The molecule has 0 aliphatic carbocycles. The summed E-state index contributed by atoms with van der Waals surface area (Å²) in [5.41, 5.74) is 4.54. The predicted octanol–water partition coefficient (Wildman–Crippen LogP) is 2.40. The quantitative estimate of drug-likeness (QED) is 0.371. The normalized spacial score (nSPS) is 12.6. The van der Waals surface area contributed by atoms with Crippen LogP contribution in [0, 0.1) is 17.2 Å². The van der Waals surface area contributed by atoms with Gasteiger partial charge < -0.3 is 4.98 Å². The molecule has 0 aliphatic rings. The fourth-order valence-electron chi connectivity index (χ4n) is 2.89. The van der Waals surface area contributed by atoms with Gasteiger partial charge in [-0.15, -0.1) is 5.10 Å². The van der Waals surface area contributed by atoms with Crippen LogP contribution in [0.2, 0.25) is 0 Å². The van der Waals surface area contributed by atoms with Gasteiger partial charge in [-0.3, -0.25) is 10.0 Å². The maximum Gasteiger partial charge on any atom is 0.267 e. The maximum atomic E-state index is 11.1. The van der Waals surface area contributed by atoms with Crippen LogP contribution in [0.3, 0.4) is 0 Å². The van der Waals surface area contributed by atoms with Gasteiger partial charge in [-0.05, 0) is 36.3 Å². The minimum absolute atomic E-state index is 0.0887. The number of benzene rings is 1. The Kier molecular flexibility index (Phi) is 4.82. The van der Waals surface area contributed by atoms with Crippen LogP contribution in [-0.4, -0.2) is 31.1 Å². The third-order valence-electron chi connectivity index (χ3n) is 4.05. The molecule has 1 unspecified atom stereocenters. The zero-order chi connectivity index (χ0) is 18.7. The third-order valence-corrected chi connectivity index (χ3v) is 4.05. The lowest BCUT2D eigenvalue weighted by Gasteiger charge is -2.19. The number of nitrogens with zero attached hydrogens (tertiary/aromatic N) is 4. The Hall–Kier alpha value is -3.44. The van der Waals surface area contributed by atoms with E-state index in [4.69, 9.17) is 10.5 Å². The number of H-pyrrole nitrogens is 1. The zero-order valence-electron chi connectivity index (χ0n) is 14.3. The van der Waals surface area contributed by atoms with E-state index >= 15 is 0 Å². The molecule has 132 valence electrons. The Balaban J connectivity index is 1.95. The van der Waals surface area contributed by atoms with Crippen molar-refractivity contribution >= 4 is 22.9 Å². The molecule has 3 aromatic rings. The number of carbonyl (C=O) groups is 1. The Morgan fingerprint density at radius 2 is 2.23 bits per heavy atom. The zero-order valence-corrected chi connectivity index (χ0v) is 14.3. The van der Waals surface area contributed by atoms with Crippen molar-refractivity contribution in [3.63, 3.8) is 0 Å². The van der Waals surface area contributed by atoms with Crippen molar-refractivity contribution in [2.75, 3.05) is 0 Å². The van der Waals surface area contributed by atoms with E-state index in [1.165, 1.54) is 17.6 Å². The number of nitrogens with one attached hydrogen (secondary N) is 2. The van der Waals surface area contributed by atoms with Gasteiger partial charge >= 0.3 is 0 Å². The van der Waals surface area contributed by atoms with E-state index in [2.05, 4.69) is 35.2 Å². The van der Waals surface area contributed by atoms with E-state index < -0.39 is 5.91 Å². The summed E-state index contributed by atoms with van der Waals surface area (Å²) in [7, 11) is 0. The first-order chi connectivity index (χ1) is 12.5. The number of hydrogen-bond acceptors (Lipinski definition) is 5. The lowest BCUT2D eigenvalue weighted by molar-refractivity contribution is -0.124. The summed E-state index contributed by atoms with van der Waals surface area (Å²) < 4.78 is 1.73. The molecule has 3 rings (SSSR count). The van der Waals surface area contributed by atoms with E-state index in [9.17, 15) is 4.79 Å². The SMILES string of the molecule is CC(C)C(c1cc2cc(C#N)ccc2[nH]1)n1cc(C=CC(=O)NO)nn1. The highest BCUT2D eigenvalue weighted by atomic mass is 16.5. The Bertz CT molecular complexity index is 1010. The number of aromatic nitrogens is 4. The standard InChI is InChI=1S/C18H18N6O2/c1-11(2)18(24-10-14(21-23-24)4-6-17(25)22-26)16-8-13-7-12(9-19)3-5-15(13)20-16/h3-8,10-11,18,20,26H,1-2H3,(H,22,25). The molecule has 0 saturated carbocycles. The van der Waals surface area contributed by atoms with Crippen molar-refractivity contribution in [3.05, 3.63) is 53.5 Å². The summed E-state index contributed by atoms with van der Waals surface area (Å²) in [5, 5.41) is 26.7. The van der Waals surface area contributed by atoms with Crippen LogP contribution in [0.1, 0.15) is 36.8 Å². The summed E-state index contributed by atoms with van der Waals surface area (Å²) in [6.07, 6.45) is 4.37. The first-order valence-corrected chi connectivity index (χ1v) is 8.08. The number of amides is 1. The second kappa shape index (κ2) is 7.21. The van der Waals surface area contributed by atoms with Crippen LogP contribution in [0.4, 0.5) is 0 Å². The fraction of sp³-hybridized carbons (Fsp3) is 0.222. The molecule has 2 heterocycles. The minimum Gasteiger partial charge on any atom is -0.357 e. The Labute approximate surface area is 149 Å². The van der Waals surface area contributed by atoms with Crippen molar-refractivity contribution in [1.82, 2.24) is 25.5 Å². The fourth-order valence-corrected chi connectivity index (χ4v) is 2.89. The van der Waals surface area contributed by atoms with Gasteiger partial charge in [-0.1, -0.05) is 19.1 Å². The van der Waals surface area contributed by atoms with E-state index in [1.54, 1.807) is 16.9 Å². The molecule has 8 nitrogen and oxygen atoms in total. The van der Waals surface area contributed by atoms with E-state index in [1.807, 2.05) is 18.2 Å². The lowest BCUT2D eigenvalue weighted by Crippen LogP contribution is -2.17. The molecular weight excluding hydrogens is 332 g/mol. The van der Waals surface area contributed by atoms with Crippen molar-refractivity contribution in [2.24, 2.45) is 5.92 Å². The second-order valence-electron chi connectivity index (χ2n) is 6.26. The topological polar surface area (TPSA) is 120 Å². The number of carbonyl (C=O) groups excluding carboxylic acids is 1. The molecule has 0 spiro atoms. The molecule has 0 radical (unpaired) electrons. The lowest BCUT2D eigenvalue weighted by atomic mass is 10.0. The Morgan fingerprint density at radius 1 is 1.42 bits per heavy atom. The molecule has 1 aromatic carbocycles. The highest BCUT2D eigenvalue weighted by Crippen LogP contribution is 2.28. The van der Waals surface area contributed by atoms with E-state index in [0.717, 1.165) is 16.6 Å². The number of hydroxylamine groups is 1. The van der Waals surface area contributed by atoms with Gasteiger partial charge in [-0.25, -0.2) is 10.2 Å². The molecule has 0 saturated heterocycles. The average Bonchev–Trinajstić information content (AvgIpc) is 3.25. The van der Waals surface area contributed by atoms with Gasteiger partial charge in [0.25, 0.3) is 5.91 Å². The summed E-state index contributed by atoms with van der Waals surface area (Å²) in [4.78, 5) is 14.5. The predicted molar refractivity (Wildman–Crippen MR) is 95.0 cm³/mol. The van der Waals surface area contributed by atoms with Crippen molar-refractivity contribution in [1.29, 1.82) is 5.26 Å². The number of fused-ring (bicyclic) bond motifs is 1. The monoisotopic (exact) mass is 350 g/mol. The van der Waals surface area contributed by atoms with Gasteiger partial charge in [-0.2, -0.15) is 5.26 Å². The Morgan fingerprint density at radius 3 is 2.92 bits per heavy atom. The van der Waals surface area contributed by atoms with Crippen LogP contribution in [-0.2, 0) is 4.79 Å². The summed E-state index contributed by atoms with van der Waals surface area (Å²) >= 11 is 0. The smallest absolute Gasteiger partial charge is 0.267 e. The highest BCUT2D eigenvalue weighted by Gasteiger charge is 2.21. The molecule has 26 heavy (non-hydrogen) atoms. The van der Waals surface area contributed by atoms with Crippen LogP contribution in [0.25, 0.3) is 17.0 Å². The molecule has 0 fully saturated rings. The average molecular weight is 350 g/mol. The van der Waals surface area contributed by atoms with Crippen molar-refractivity contribution < 1.29 is 10.0 Å². The number of nitriles is 1. The van der Waals surface area contributed by atoms with Crippen LogP contribution in [0.15, 0.2) is 36.5 Å². The van der Waals surface area contributed by atoms with Gasteiger partial charge in [0, 0.05) is 22.7 Å². The van der Waals surface area contributed by atoms with Gasteiger partial charge in [0.2, 0.25) is 0 Å². The van der Waals surface area contributed by atoms with E-state index in [0.29, 0.717) is 11.3 Å². The van der Waals surface area contributed by atoms with Crippen molar-refractivity contribution in [3.8, 4) is 6.07 Å². The van der Waals surface area contributed by atoms with Crippen LogP contribution < -0.4 is 5.48 Å². The number of hydrogen-bond donors (Lipinski definition) is 3. The highest BCUT2D eigenvalue weighted by molar-refractivity contribution is 5.90. The largest absolute Gasteiger partial charge is 0.357 e. The molecule has 3 N–H and O–H groups in total. The summed E-state index contributed by atoms with van der Waals surface area (Å²) in [5.74, 6) is -0.415. The summed E-state index contributed by atoms with van der Waals surface area (Å²) in [6.45, 7) is 4.15. The molecule has 0 aliphatic heterocycles. The van der Waals surface area contributed by atoms with Crippen molar-refractivity contribution in [2.45, 2.75) is 19.9 Å². The van der Waals surface area contributed by atoms with Crippen LogP contribution >= 0.6 is 0 Å². The second-order valence-corrected chi connectivity index (χ2v) is 6.26.